The second-order valence-electron chi connectivity index (χ2n) is 6.40. The van der Waals surface area contributed by atoms with Crippen LogP contribution in [0.15, 0.2) is 24.3 Å². The Morgan fingerprint density at radius 1 is 1.21 bits per heavy atom. The van der Waals surface area contributed by atoms with Crippen LogP contribution in [-0.2, 0) is 9.53 Å². The van der Waals surface area contributed by atoms with Crippen molar-refractivity contribution in [2.45, 2.75) is 24.9 Å². The molecule has 2 saturated heterocycles. The van der Waals surface area contributed by atoms with Crippen LogP contribution in [-0.4, -0.2) is 59.9 Å². The number of rotatable bonds is 4. The number of carbonyl (C=O) groups excluding carboxylic acids is 3. The summed E-state index contributed by atoms with van der Waals surface area (Å²) < 4.78 is 18.3. The van der Waals surface area contributed by atoms with E-state index in [-0.39, 0.29) is 30.6 Å². The SMILES string of the molecule is CN1CC2(CCN(C(=O)CCC(=O)c3ccc(F)cc3)C2)OC1=O. The molecule has 2 heterocycles. The molecule has 0 bridgehead atoms. The van der Waals surface area contributed by atoms with Crippen molar-refractivity contribution >= 4 is 17.8 Å². The monoisotopic (exact) mass is 334 g/mol. The van der Waals surface area contributed by atoms with Crippen LogP contribution < -0.4 is 0 Å². The van der Waals surface area contributed by atoms with Gasteiger partial charge in [-0.05, 0) is 24.3 Å². The minimum atomic E-state index is -0.609. The van der Waals surface area contributed by atoms with Crippen molar-refractivity contribution in [1.82, 2.24) is 9.80 Å². The molecule has 6 nitrogen and oxygen atoms in total. The highest BCUT2D eigenvalue weighted by molar-refractivity contribution is 5.97. The molecule has 2 aliphatic rings. The molecule has 0 aliphatic carbocycles. The van der Waals surface area contributed by atoms with Crippen LogP contribution in [0.3, 0.4) is 0 Å². The Morgan fingerprint density at radius 3 is 2.54 bits per heavy atom. The third kappa shape index (κ3) is 3.25. The predicted molar refractivity (Wildman–Crippen MR) is 83.0 cm³/mol. The van der Waals surface area contributed by atoms with Gasteiger partial charge >= 0.3 is 6.09 Å². The van der Waals surface area contributed by atoms with Crippen molar-refractivity contribution in [2.75, 3.05) is 26.7 Å². The fourth-order valence-corrected chi connectivity index (χ4v) is 3.22. The molecule has 0 saturated carbocycles. The van der Waals surface area contributed by atoms with E-state index in [1.54, 1.807) is 11.9 Å². The van der Waals surface area contributed by atoms with Crippen LogP contribution in [0.2, 0.25) is 0 Å². The van der Waals surface area contributed by atoms with Gasteiger partial charge in [0.05, 0.1) is 13.1 Å². The summed E-state index contributed by atoms with van der Waals surface area (Å²) in [4.78, 5) is 39.0. The van der Waals surface area contributed by atoms with E-state index in [0.29, 0.717) is 31.6 Å². The molecular weight excluding hydrogens is 315 g/mol. The quantitative estimate of drug-likeness (QED) is 0.788. The van der Waals surface area contributed by atoms with Gasteiger partial charge < -0.3 is 14.5 Å². The Balaban J connectivity index is 1.52. The van der Waals surface area contributed by atoms with Gasteiger partial charge in [0.1, 0.15) is 5.82 Å². The number of likely N-dealkylation sites (tertiary alicyclic amines) is 1. The highest BCUT2D eigenvalue weighted by Crippen LogP contribution is 2.32. The minimum absolute atomic E-state index is 0.0770. The van der Waals surface area contributed by atoms with Gasteiger partial charge in [-0.25, -0.2) is 9.18 Å². The minimum Gasteiger partial charge on any atom is -0.439 e. The zero-order valence-corrected chi connectivity index (χ0v) is 13.5. The predicted octanol–water partition coefficient (Wildman–Crippen LogP) is 1.84. The zero-order valence-electron chi connectivity index (χ0n) is 13.5. The van der Waals surface area contributed by atoms with Gasteiger partial charge in [0.25, 0.3) is 0 Å². The average Bonchev–Trinajstić information content (AvgIpc) is 3.08. The molecule has 1 atom stereocenters. The number of amides is 2. The summed E-state index contributed by atoms with van der Waals surface area (Å²) in [7, 11) is 1.67. The summed E-state index contributed by atoms with van der Waals surface area (Å²) in [5.74, 6) is -0.724. The second-order valence-corrected chi connectivity index (χ2v) is 6.40. The van der Waals surface area contributed by atoms with Crippen LogP contribution >= 0.6 is 0 Å². The lowest BCUT2D eigenvalue weighted by Gasteiger charge is -2.21. The van der Waals surface area contributed by atoms with Gasteiger partial charge in [0.2, 0.25) is 5.91 Å². The van der Waals surface area contributed by atoms with Crippen LogP contribution in [0.5, 0.6) is 0 Å². The molecule has 1 aromatic rings. The van der Waals surface area contributed by atoms with Crippen molar-refractivity contribution < 1.29 is 23.5 Å². The molecule has 2 fully saturated rings. The van der Waals surface area contributed by atoms with E-state index in [1.165, 1.54) is 29.2 Å². The lowest BCUT2D eigenvalue weighted by molar-refractivity contribution is -0.130. The Morgan fingerprint density at radius 2 is 1.92 bits per heavy atom. The first-order valence-electron chi connectivity index (χ1n) is 7.89. The topological polar surface area (TPSA) is 66.9 Å². The molecule has 0 aromatic heterocycles. The number of hydrogen-bond acceptors (Lipinski definition) is 4. The molecule has 1 unspecified atom stereocenters. The first-order valence-corrected chi connectivity index (χ1v) is 7.89. The van der Waals surface area contributed by atoms with Crippen LogP contribution in [0.1, 0.15) is 29.6 Å². The standard InChI is InChI=1S/C17H19FN2O4/c1-19-10-17(24-16(19)23)8-9-20(11-17)15(22)7-6-14(21)12-2-4-13(18)5-3-12/h2-5H,6-11H2,1H3. The van der Waals surface area contributed by atoms with Gasteiger partial charge in [0.15, 0.2) is 11.4 Å². The van der Waals surface area contributed by atoms with Crippen LogP contribution in [0, 0.1) is 5.82 Å². The molecule has 128 valence electrons. The zero-order chi connectivity index (χ0) is 17.3. The number of benzene rings is 1. The van der Waals surface area contributed by atoms with Gasteiger partial charge in [-0.3, -0.25) is 9.59 Å². The molecule has 7 heteroatoms. The average molecular weight is 334 g/mol. The number of hydrogen-bond donors (Lipinski definition) is 0. The lowest BCUT2D eigenvalue weighted by atomic mass is 10.0. The molecule has 2 aliphatic heterocycles. The third-order valence-corrected chi connectivity index (χ3v) is 4.54. The molecule has 3 rings (SSSR count). The van der Waals surface area contributed by atoms with E-state index >= 15 is 0 Å². The smallest absolute Gasteiger partial charge is 0.410 e. The molecular formula is C17H19FN2O4. The molecule has 2 amide bonds. The maximum absolute atomic E-state index is 12.9. The number of halogens is 1. The first-order chi connectivity index (χ1) is 11.4. The summed E-state index contributed by atoms with van der Waals surface area (Å²) in [6, 6.07) is 5.29. The van der Waals surface area contributed by atoms with E-state index in [1.807, 2.05) is 0 Å². The number of ether oxygens (including phenoxy) is 1. The lowest BCUT2D eigenvalue weighted by Crippen LogP contribution is -2.39. The van der Waals surface area contributed by atoms with Crippen molar-refractivity contribution in [3.8, 4) is 0 Å². The highest BCUT2D eigenvalue weighted by atomic mass is 19.1. The maximum atomic E-state index is 12.9. The van der Waals surface area contributed by atoms with E-state index in [9.17, 15) is 18.8 Å². The van der Waals surface area contributed by atoms with Crippen molar-refractivity contribution in [3.05, 3.63) is 35.6 Å². The van der Waals surface area contributed by atoms with Gasteiger partial charge in [-0.1, -0.05) is 0 Å². The molecule has 0 N–H and O–H groups in total. The van der Waals surface area contributed by atoms with E-state index in [2.05, 4.69) is 0 Å². The number of ketones is 1. The fraction of sp³-hybridized carbons (Fsp3) is 0.471. The van der Waals surface area contributed by atoms with Gasteiger partial charge in [-0.2, -0.15) is 0 Å². The Kier molecular flexibility index (Phi) is 4.26. The summed E-state index contributed by atoms with van der Waals surface area (Å²) in [6.07, 6.45) is 0.417. The summed E-state index contributed by atoms with van der Waals surface area (Å²) in [5.41, 5.74) is -0.212. The molecule has 24 heavy (non-hydrogen) atoms. The normalized spacial score (nSPS) is 23.0. The van der Waals surface area contributed by atoms with Gasteiger partial charge in [-0.15, -0.1) is 0 Å². The fourth-order valence-electron chi connectivity index (χ4n) is 3.22. The molecule has 1 aromatic carbocycles. The second kappa shape index (κ2) is 6.22. The number of Topliss-reactive ketones (excluding diaryl/α,β-unsaturated/α-hetero) is 1. The summed E-state index contributed by atoms with van der Waals surface area (Å²) in [6.45, 7) is 1.36. The maximum Gasteiger partial charge on any atom is 0.410 e. The number of nitrogens with zero attached hydrogens (tertiary/aromatic N) is 2. The third-order valence-electron chi connectivity index (χ3n) is 4.54. The van der Waals surface area contributed by atoms with Crippen molar-refractivity contribution in [1.29, 1.82) is 0 Å². The summed E-state index contributed by atoms with van der Waals surface area (Å²) in [5, 5.41) is 0. The number of carbonyl (C=O) groups is 3. The summed E-state index contributed by atoms with van der Waals surface area (Å²) >= 11 is 0. The Hall–Kier alpha value is -2.44. The van der Waals surface area contributed by atoms with E-state index < -0.39 is 11.4 Å². The van der Waals surface area contributed by atoms with Crippen molar-refractivity contribution in [2.24, 2.45) is 0 Å². The Labute approximate surface area is 139 Å². The van der Waals surface area contributed by atoms with E-state index in [4.69, 9.17) is 4.74 Å². The number of likely N-dealkylation sites (N-methyl/N-ethyl adjacent to an activating group) is 1. The van der Waals surface area contributed by atoms with Crippen LogP contribution in [0.25, 0.3) is 0 Å². The van der Waals surface area contributed by atoms with E-state index in [0.717, 1.165) is 0 Å². The largest absolute Gasteiger partial charge is 0.439 e. The highest BCUT2D eigenvalue weighted by Gasteiger charge is 2.49. The molecule has 1 spiro atoms. The Bertz CT molecular complexity index is 676. The van der Waals surface area contributed by atoms with Gasteiger partial charge in [0, 0.05) is 38.4 Å². The van der Waals surface area contributed by atoms with Crippen molar-refractivity contribution in [3.63, 3.8) is 0 Å². The molecule has 0 radical (unpaired) electrons. The van der Waals surface area contributed by atoms with Crippen LogP contribution in [0.4, 0.5) is 9.18 Å². The first kappa shape index (κ1) is 16.4.